The molecule has 0 unspecified atom stereocenters. The number of amides is 1. The van der Waals surface area contributed by atoms with Crippen molar-refractivity contribution < 1.29 is 23.5 Å². The van der Waals surface area contributed by atoms with Crippen molar-refractivity contribution in [1.29, 1.82) is 0 Å². The highest BCUT2D eigenvalue weighted by Gasteiger charge is 2.24. The van der Waals surface area contributed by atoms with Crippen molar-refractivity contribution in [2.75, 3.05) is 19.0 Å². The number of anilines is 1. The number of rotatable bonds is 8. The van der Waals surface area contributed by atoms with Crippen molar-refractivity contribution in [3.8, 4) is 11.5 Å². The summed E-state index contributed by atoms with van der Waals surface area (Å²) in [5.74, 6) is 0.658. The van der Waals surface area contributed by atoms with Crippen LogP contribution in [0.15, 0.2) is 75.6 Å². The van der Waals surface area contributed by atoms with Crippen molar-refractivity contribution in [3.63, 3.8) is 0 Å². The number of furan rings is 1. The van der Waals surface area contributed by atoms with E-state index in [-0.39, 0.29) is 17.5 Å². The van der Waals surface area contributed by atoms with Crippen LogP contribution in [-0.4, -0.2) is 25.4 Å². The molecule has 0 saturated heterocycles. The van der Waals surface area contributed by atoms with Crippen molar-refractivity contribution >= 4 is 44.3 Å². The maximum absolute atomic E-state index is 13.3. The number of carbonyl (C=O) groups excluding carboxylic acids is 2. The lowest BCUT2D eigenvalue weighted by atomic mass is 10.1. The van der Waals surface area contributed by atoms with Gasteiger partial charge in [0, 0.05) is 16.5 Å². The Kier molecular flexibility index (Phi) is 6.79. The maximum Gasteiger partial charge on any atom is 0.255 e. The van der Waals surface area contributed by atoms with Gasteiger partial charge in [-0.1, -0.05) is 19.1 Å². The molecular weight excluding hydrogens is 486 g/mol. The highest BCUT2D eigenvalue weighted by molar-refractivity contribution is 9.10. The summed E-state index contributed by atoms with van der Waals surface area (Å²) in [6, 6.07) is 19.1. The minimum atomic E-state index is -0.354. The van der Waals surface area contributed by atoms with E-state index in [1.54, 1.807) is 61.7 Å². The van der Waals surface area contributed by atoms with Gasteiger partial charge in [-0.05, 0) is 76.9 Å². The standard InChI is InChI=1S/C26H22BrNO5/c1-3-14-32-18-11-8-16(9-12-18)26(30)28-23-19-6-4-5-7-21(19)33-25(23)24(29)17-10-13-22(31-2)20(27)15-17/h4-13,15H,3,14H2,1-2H3,(H,28,30). The Balaban J connectivity index is 1.67. The van der Waals surface area contributed by atoms with Crippen molar-refractivity contribution in [3.05, 3.63) is 88.1 Å². The van der Waals surface area contributed by atoms with Crippen LogP contribution in [0, 0.1) is 0 Å². The van der Waals surface area contributed by atoms with Gasteiger partial charge in [0.2, 0.25) is 5.78 Å². The van der Waals surface area contributed by atoms with Gasteiger partial charge in [-0.25, -0.2) is 0 Å². The molecule has 7 heteroatoms. The molecule has 0 saturated carbocycles. The second kappa shape index (κ2) is 9.92. The predicted molar refractivity (Wildman–Crippen MR) is 131 cm³/mol. The van der Waals surface area contributed by atoms with Crippen LogP contribution in [0.5, 0.6) is 11.5 Å². The fourth-order valence-electron chi connectivity index (χ4n) is 3.38. The van der Waals surface area contributed by atoms with Crippen LogP contribution < -0.4 is 14.8 Å². The van der Waals surface area contributed by atoms with E-state index in [2.05, 4.69) is 21.2 Å². The van der Waals surface area contributed by atoms with Gasteiger partial charge in [0.1, 0.15) is 17.1 Å². The lowest BCUT2D eigenvalue weighted by molar-refractivity contribution is 0.101. The number of para-hydroxylation sites is 1. The molecule has 0 aliphatic rings. The first kappa shape index (κ1) is 22.6. The minimum absolute atomic E-state index is 0.0597. The number of carbonyl (C=O) groups is 2. The zero-order valence-electron chi connectivity index (χ0n) is 18.2. The number of hydrogen-bond acceptors (Lipinski definition) is 5. The SMILES string of the molecule is CCCOc1ccc(C(=O)Nc2c(C(=O)c3ccc(OC)c(Br)c3)oc3ccccc23)cc1. The number of fused-ring (bicyclic) bond motifs is 1. The third-order valence-corrected chi connectivity index (χ3v) is 5.66. The van der Waals surface area contributed by atoms with E-state index in [0.29, 0.717) is 50.4 Å². The first-order valence-corrected chi connectivity index (χ1v) is 11.2. The first-order chi connectivity index (χ1) is 16.0. The summed E-state index contributed by atoms with van der Waals surface area (Å²) in [5, 5.41) is 3.51. The number of nitrogens with one attached hydrogen (secondary N) is 1. The molecule has 6 nitrogen and oxygen atoms in total. The Hall–Kier alpha value is -3.58. The topological polar surface area (TPSA) is 77.8 Å². The van der Waals surface area contributed by atoms with E-state index in [9.17, 15) is 9.59 Å². The van der Waals surface area contributed by atoms with E-state index >= 15 is 0 Å². The van der Waals surface area contributed by atoms with Crippen LogP contribution in [0.4, 0.5) is 5.69 Å². The summed E-state index contributed by atoms with van der Waals surface area (Å²) in [5.41, 5.74) is 1.68. The maximum atomic E-state index is 13.3. The van der Waals surface area contributed by atoms with E-state index in [1.165, 1.54) is 0 Å². The number of halogens is 1. The predicted octanol–water partition coefficient (Wildman–Crippen LogP) is 6.48. The molecule has 0 spiro atoms. The molecule has 4 aromatic rings. The summed E-state index contributed by atoms with van der Waals surface area (Å²) in [7, 11) is 1.55. The fraction of sp³-hybridized carbons (Fsp3) is 0.154. The van der Waals surface area contributed by atoms with Gasteiger partial charge < -0.3 is 19.2 Å². The van der Waals surface area contributed by atoms with Gasteiger partial charge in [-0.2, -0.15) is 0 Å². The molecule has 0 bridgehead atoms. The zero-order chi connectivity index (χ0) is 23.4. The molecule has 0 fully saturated rings. The molecule has 0 atom stereocenters. The Morgan fingerprint density at radius 2 is 1.73 bits per heavy atom. The average molecular weight is 508 g/mol. The molecule has 0 radical (unpaired) electrons. The molecule has 1 aromatic heterocycles. The van der Waals surface area contributed by atoms with Crippen LogP contribution in [-0.2, 0) is 0 Å². The number of methoxy groups -OCH3 is 1. The van der Waals surface area contributed by atoms with Crippen LogP contribution in [0.3, 0.4) is 0 Å². The van der Waals surface area contributed by atoms with Gasteiger partial charge in [-0.3, -0.25) is 9.59 Å². The Labute approximate surface area is 199 Å². The van der Waals surface area contributed by atoms with E-state index < -0.39 is 0 Å². The van der Waals surface area contributed by atoms with E-state index in [4.69, 9.17) is 13.9 Å². The van der Waals surface area contributed by atoms with Crippen molar-refractivity contribution in [2.45, 2.75) is 13.3 Å². The van der Waals surface area contributed by atoms with Crippen LogP contribution in [0.25, 0.3) is 11.0 Å². The molecule has 0 aliphatic carbocycles. The fourth-order valence-corrected chi connectivity index (χ4v) is 3.92. The number of hydrogen-bond donors (Lipinski definition) is 1. The Bertz CT molecular complexity index is 1310. The van der Waals surface area contributed by atoms with Gasteiger partial charge in [0.25, 0.3) is 5.91 Å². The molecular formula is C26H22BrNO5. The largest absolute Gasteiger partial charge is 0.496 e. The average Bonchev–Trinajstić information content (AvgIpc) is 3.20. The Morgan fingerprint density at radius 3 is 2.42 bits per heavy atom. The van der Waals surface area contributed by atoms with Gasteiger partial charge in [0.05, 0.1) is 23.9 Å². The normalized spacial score (nSPS) is 10.8. The number of ether oxygens (including phenoxy) is 2. The van der Waals surface area contributed by atoms with Crippen LogP contribution in [0.2, 0.25) is 0 Å². The summed E-state index contributed by atoms with van der Waals surface area (Å²) in [6.07, 6.45) is 0.900. The third kappa shape index (κ3) is 4.78. The summed E-state index contributed by atoms with van der Waals surface area (Å²) in [4.78, 5) is 26.3. The molecule has 1 heterocycles. The summed E-state index contributed by atoms with van der Waals surface area (Å²) >= 11 is 3.41. The second-order valence-corrected chi connectivity index (χ2v) is 8.16. The molecule has 3 aromatic carbocycles. The molecule has 4 rings (SSSR count). The highest BCUT2D eigenvalue weighted by Crippen LogP contribution is 2.34. The molecule has 168 valence electrons. The molecule has 1 N–H and O–H groups in total. The van der Waals surface area contributed by atoms with Crippen molar-refractivity contribution in [1.82, 2.24) is 0 Å². The Morgan fingerprint density at radius 1 is 1.00 bits per heavy atom. The van der Waals surface area contributed by atoms with Gasteiger partial charge in [-0.15, -0.1) is 0 Å². The van der Waals surface area contributed by atoms with E-state index in [1.807, 2.05) is 19.1 Å². The van der Waals surface area contributed by atoms with Crippen molar-refractivity contribution in [2.24, 2.45) is 0 Å². The highest BCUT2D eigenvalue weighted by atomic mass is 79.9. The van der Waals surface area contributed by atoms with Crippen LogP contribution in [0.1, 0.15) is 39.8 Å². The number of benzene rings is 3. The first-order valence-electron chi connectivity index (χ1n) is 10.5. The smallest absolute Gasteiger partial charge is 0.255 e. The summed E-state index contributed by atoms with van der Waals surface area (Å²) in [6.45, 7) is 2.64. The summed E-state index contributed by atoms with van der Waals surface area (Å²) < 4.78 is 17.3. The monoisotopic (exact) mass is 507 g/mol. The lowest BCUT2D eigenvalue weighted by Gasteiger charge is -2.09. The van der Waals surface area contributed by atoms with Gasteiger partial charge >= 0.3 is 0 Å². The molecule has 1 amide bonds. The molecule has 33 heavy (non-hydrogen) atoms. The minimum Gasteiger partial charge on any atom is -0.496 e. The third-order valence-electron chi connectivity index (χ3n) is 5.04. The lowest BCUT2D eigenvalue weighted by Crippen LogP contribution is -2.14. The van der Waals surface area contributed by atoms with E-state index in [0.717, 1.165) is 6.42 Å². The van der Waals surface area contributed by atoms with Crippen LogP contribution >= 0.6 is 15.9 Å². The quantitative estimate of drug-likeness (QED) is 0.276. The number of ketones is 1. The molecule has 0 aliphatic heterocycles. The second-order valence-electron chi connectivity index (χ2n) is 7.31. The zero-order valence-corrected chi connectivity index (χ0v) is 19.8. The van der Waals surface area contributed by atoms with Gasteiger partial charge in [0.15, 0.2) is 5.76 Å².